The highest BCUT2D eigenvalue weighted by atomic mass is 127. The van der Waals surface area contributed by atoms with Gasteiger partial charge in [-0.15, -0.1) is 0 Å². The van der Waals surface area contributed by atoms with E-state index < -0.39 is 5.91 Å². The van der Waals surface area contributed by atoms with E-state index in [0.717, 1.165) is 3.57 Å². The molecular formula is C21H21IN2O4. The van der Waals surface area contributed by atoms with E-state index in [1.807, 2.05) is 26.0 Å². The van der Waals surface area contributed by atoms with E-state index in [1.54, 1.807) is 30.3 Å². The maximum atomic E-state index is 12.6. The van der Waals surface area contributed by atoms with Gasteiger partial charge < -0.3 is 19.5 Å². The Bertz CT molecular complexity index is 919. The molecule has 0 saturated carbocycles. The van der Waals surface area contributed by atoms with Gasteiger partial charge in [0.05, 0.1) is 29.6 Å². The molecule has 0 atom stereocenters. The molecule has 0 aromatic heterocycles. The number of rotatable bonds is 8. The molecule has 0 radical (unpaired) electrons. The Morgan fingerprint density at radius 3 is 2.54 bits per heavy atom. The lowest BCUT2D eigenvalue weighted by Crippen LogP contribution is -2.14. The van der Waals surface area contributed by atoms with Crippen molar-refractivity contribution in [2.75, 3.05) is 25.6 Å². The highest BCUT2D eigenvalue weighted by Gasteiger charge is 2.15. The topological polar surface area (TPSA) is 80.6 Å². The van der Waals surface area contributed by atoms with Gasteiger partial charge in [-0.1, -0.05) is 12.1 Å². The molecule has 1 amide bonds. The van der Waals surface area contributed by atoms with Gasteiger partial charge in [-0.3, -0.25) is 4.79 Å². The van der Waals surface area contributed by atoms with Crippen LogP contribution in [0.15, 0.2) is 42.0 Å². The predicted molar refractivity (Wildman–Crippen MR) is 117 cm³/mol. The Morgan fingerprint density at radius 1 is 1.18 bits per heavy atom. The van der Waals surface area contributed by atoms with Gasteiger partial charge in [-0.05, 0) is 72.3 Å². The van der Waals surface area contributed by atoms with Crippen LogP contribution in [0.5, 0.6) is 17.2 Å². The molecule has 7 heteroatoms. The number of halogens is 1. The summed E-state index contributed by atoms with van der Waals surface area (Å²) < 4.78 is 17.4. The molecule has 1 N–H and O–H groups in total. The number of carbonyl (C=O) groups is 1. The Morgan fingerprint density at radius 2 is 1.89 bits per heavy atom. The van der Waals surface area contributed by atoms with Crippen molar-refractivity contribution in [1.82, 2.24) is 0 Å². The lowest BCUT2D eigenvalue weighted by molar-refractivity contribution is -0.112. The molecule has 146 valence electrons. The molecule has 0 fully saturated rings. The van der Waals surface area contributed by atoms with E-state index >= 15 is 0 Å². The number of nitrogens with zero attached hydrogens (tertiary/aromatic N) is 1. The number of para-hydroxylation sites is 2. The van der Waals surface area contributed by atoms with Gasteiger partial charge in [-0.25, -0.2) is 0 Å². The van der Waals surface area contributed by atoms with Gasteiger partial charge in [0.15, 0.2) is 11.5 Å². The van der Waals surface area contributed by atoms with Gasteiger partial charge in [0.2, 0.25) is 0 Å². The summed E-state index contributed by atoms with van der Waals surface area (Å²) in [5.74, 6) is 1.22. The van der Waals surface area contributed by atoms with Gasteiger partial charge in [0.25, 0.3) is 5.91 Å². The SMILES string of the molecule is CCOc1cc(/C=C(\C#N)C(=O)Nc2ccccc2OC)cc(I)c1OCC. The molecule has 0 spiro atoms. The Labute approximate surface area is 178 Å². The van der Waals surface area contributed by atoms with E-state index in [4.69, 9.17) is 14.2 Å². The summed E-state index contributed by atoms with van der Waals surface area (Å²) in [6.45, 7) is 4.76. The molecule has 2 aromatic carbocycles. The van der Waals surface area contributed by atoms with Gasteiger partial charge >= 0.3 is 0 Å². The van der Waals surface area contributed by atoms with Crippen molar-refractivity contribution in [1.29, 1.82) is 5.26 Å². The van der Waals surface area contributed by atoms with E-state index in [0.29, 0.717) is 41.7 Å². The highest BCUT2D eigenvalue weighted by Crippen LogP contribution is 2.35. The third kappa shape index (κ3) is 5.39. The van der Waals surface area contributed by atoms with Crippen LogP contribution in [0.4, 0.5) is 5.69 Å². The zero-order valence-electron chi connectivity index (χ0n) is 15.9. The van der Waals surface area contributed by atoms with Crippen LogP contribution in [0.1, 0.15) is 19.4 Å². The van der Waals surface area contributed by atoms with Crippen LogP contribution in [0.25, 0.3) is 6.08 Å². The van der Waals surface area contributed by atoms with E-state index in [-0.39, 0.29) is 5.57 Å². The van der Waals surface area contributed by atoms with Crippen LogP contribution >= 0.6 is 22.6 Å². The monoisotopic (exact) mass is 492 g/mol. The summed E-state index contributed by atoms with van der Waals surface area (Å²) in [5.41, 5.74) is 1.13. The summed E-state index contributed by atoms with van der Waals surface area (Å²) in [4.78, 5) is 12.6. The van der Waals surface area contributed by atoms with Crippen molar-refractivity contribution in [3.8, 4) is 23.3 Å². The third-order valence-electron chi connectivity index (χ3n) is 3.65. The van der Waals surface area contributed by atoms with Crippen LogP contribution in [0.2, 0.25) is 0 Å². The fraction of sp³-hybridized carbons (Fsp3) is 0.238. The van der Waals surface area contributed by atoms with Crippen molar-refractivity contribution < 1.29 is 19.0 Å². The van der Waals surface area contributed by atoms with Crippen LogP contribution in [0, 0.1) is 14.9 Å². The zero-order chi connectivity index (χ0) is 20.5. The Hall–Kier alpha value is -2.73. The second kappa shape index (κ2) is 10.6. The Balaban J connectivity index is 2.35. The maximum Gasteiger partial charge on any atom is 0.266 e. The fourth-order valence-corrected chi connectivity index (χ4v) is 3.25. The predicted octanol–water partition coefficient (Wildman–Crippen LogP) is 4.64. The van der Waals surface area contributed by atoms with Crippen molar-refractivity contribution in [3.05, 3.63) is 51.1 Å². The fourth-order valence-electron chi connectivity index (χ4n) is 2.47. The quantitative estimate of drug-likeness (QED) is 0.330. The normalized spacial score (nSPS) is 10.8. The van der Waals surface area contributed by atoms with Gasteiger partial charge in [0, 0.05) is 0 Å². The highest BCUT2D eigenvalue weighted by molar-refractivity contribution is 14.1. The van der Waals surface area contributed by atoms with Gasteiger partial charge in [-0.2, -0.15) is 5.26 Å². The average Bonchev–Trinajstić information content (AvgIpc) is 2.69. The second-order valence-corrected chi connectivity index (χ2v) is 6.68. The molecule has 28 heavy (non-hydrogen) atoms. The third-order valence-corrected chi connectivity index (χ3v) is 4.45. The first-order chi connectivity index (χ1) is 13.5. The minimum Gasteiger partial charge on any atom is -0.495 e. The molecule has 0 aliphatic heterocycles. The molecule has 0 unspecified atom stereocenters. The Kier molecular flexibility index (Phi) is 8.14. The van der Waals surface area contributed by atoms with Crippen molar-refractivity contribution >= 4 is 40.3 Å². The van der Waals surface area contributed by atoms with Crippen LogP contribution in [-0.4, -0.2) is 26.2 Å². The maximum absolute atomic E-state index is 12.6. The minimum atomic E-state index is -0.520. The number of carbonyl (C=O) groups excluding carboxylic acids is 1. The number of benzene rings is 2. The molecule has 2 aromatic rings. The first kappa shape index (κ1) is 21.6. The van der Waals surface area contributed by atoms with E-state index in [1.165, 1.54) is 13.2 Å². The molecule has 0 saturated heterocycles. The summed E-state index contributed by atoms with van der Waals surface area (Å²) in [6.07, 6.45) is 1.52. The summed E-state index contributed by atoms with van der Waals surface area (Å²) in [7, 11) is 1.52. The number of amides is 1. The number of hydrogen-bond acceptors (Lipinski definition) is 5. The number of nitriles is 1. The number of hydrogen-bond donors (Lipinski definition) is 1. The molecule has 0 aliphatic carbocycles. The summed E-state index contributed by atoms with van der Waals surface area (Å²) in [5, 5.41) is 12.2. The van der Waals surface area contributed by atoms with Gasteiger partial charge in [0.1, 0.15) is 17.4 Å². The average molecular weight is 492 g/mol. The number of methoxy groups -OCH3 is 1. The number of anilines is 1. The van der Waals surface area contributed by atoms with E-state index in [9.17, 15) is 10.1 Å². The van der Waals surface area contributed by atoms with Crippen LogP contribution in [-0.2, 0) is 4.79 Å². The van der Waals surface area contributed by atoms with Crippen LogP contribution < -0.4 is 19.5 Å². The lowest BCUT2D eigenvalue weighted by Gasteiger charge is -2.14. The zero-order valence-corrected chi connectivity index (χ0v) is 18.1. The largest absolute Gasteiger partial charge is 0.495 e. The lowest BCUT2D eigenvalue weighted by atomic mass is 10.1. The summed E-state index contributed by atoms with van der Waals surface area (Å²) >= 11 is 2.14. The van der Waals surface area contributed by atoms with Crippen molar-refractivity contribution in [2.45, 2.75) is 13.8 Å². The summed E-state index contributed by atoms with van der Waals surface area (Å²) in [6, 6.07) is 12.6. The van der Waals surface area contributed by atoms with Crippen LogP contribution in [0.3, 0.4) is 0 Å². The molecule has 0 heterocycles. The standard InChI is InChI=1S/C21H21IN2O4/c1-4-27-19-12-14(11-16(22)20(19)28-5-2)10-15(13-23)21(25)24-17-8-6-7-9-18(17)26-3/h6-12H,4-5H2,1-3H3,(H,24,25)/b15-10+. The molecular weight excluding hydrogens is 471 g/mol. The number of nitrogens with one attached hydrogen (secondary N) is 1. The smallest absolute Gasteiger partial charge is 0.266 e. The molecule has 6 nitrogen and oxygen atoms in total. The molecule has 2 rings (SSSR count). The number of ether oxygens (including phenoxy) is 3. The molecule has 0 bridgehead atoms. The van der Waals surface area contributed by atoms with Crippen molar-refractivity contribution in [3.63, 3.8) is 0 Å². The minimum absolute atomic E-state index is 0.0340. The van der Waals surface area contributed by atoms with Crippen molar-refractivity contribution in [2.24, 2.45) is 0 Å². The first-order valence-corrected chi connectivity index (χ1v) is 9.77. The first-order valence-electron chi connectivity index (χ1n) is 8.69. The van der Waals surface area contributed by atoms with E-state index in [2.05, 4.69) is 27.9 Å². The molecule has 0 aliphatic rings. The second-order valence-electron chi connectivity index (χ2n) is 5.52.